The molecule has 0 atom stereocenters. The lowest BCUT2D eigenvalue weighted by Crippen LogP contribution is -2.16. The van der Waals surface area contributed by atoms with Crippen molar-refractivity contribution in [3.63, 3.8) is 0 Å². The van der Waals surface area contributed by atoms with Crippen LogP contribution in [0.1, 0.15) is 10.4 Å². The molecular weight excluding hydrogens is 335 g/mol. The van der Waals surface area contributed by atoms with Crippen LogP contribution in [-0.2, 0) is 10.0 Å². The average Bonchev–Trinajstić information content (AvgIpc) is 2.41. The van der Waals surface area contributed by atoms with Gasteiger partial charge in [-0.3, -0.25) is 9.52 Å². The van der Waals surface area contributed by atoms with E-state index in [2.05, 4.69) is 4.72 Å². The van der Waals surface area contributed by atoms with Crippen LogP contribution in [0.2, 0.25) is 10.0 Å². The Morgan fingerprint density at radius 2 is 1.71 bits per heavy atom. The van der Waals surface area contributed by atoms with E-state index in [1.54, 1.807) is 18.2 Å². The maximum Gasteiger partial charge on any atom is 0.263 e. The number of carbonyl (C=O) groups is 1. The smallest absolute Gasteiger partial charge is 0.263 e. The quantitative estimate of drug-likeness (QED) is 0.893. The summed E-state index contributed by atoms with van der Waals surface area (Å²) in [5.41, 5.74) is 5.38. The summed E-state index contributed by atoms with van der Waals surface area (Å²) in [6.45, 7) is 0. The molecule has 110 valence electrons. The lowest BCUT2D eigenvalue weighted by atomic mass is 10.2. The van der Waals surface area contributed by atoms with Gasteiger partial charge in [0.2, 0.25) is 5.91 Å². The normalized spacial score (nSPS) is 11.1. The first kappa shape index (κ1) is 15.6. The van der Waals surface area contributed by atoms with Gasteiger partial charge in [-0.15, -0.1) is 0 Å². The molecule has 3 N–H and O–H groups in total. The Kier molecular flexibility index (Phi) is 4.41. The van der Waals surface area contributed by atoms with E-state index in [1.165, 1.54) is 18.2 Å². The van der Waals surface area contributed by atoms with Crippen LogP contribution in [0.15, 0.2) is 47.4 Å². The monoisotopic (exact) mass is 344 g/mol. The van der Waals surface area contributed by atoms with E-state index in [0.29, 0.717) is 0 Å². The van der Waals surface area contributed by atoms with Crippen LogP contribution in [0.25, 0.3) is 0 Å². The summed E-state index contributed by atoms with van der Waals surface area (Å²) in [6.07, 6.45) is 0. The molecule has 2 aromatic carbocycles. The van der Waals surface area contributed by atoms with Gasteiger partial charge in [0.15, 0.2) is 0 Å². The molecule has 0 fully saturated rings. The highest BCUT2D eigenvalue weighted by Crippen LogP contribution is 2.28. The predicted octanol–water partition coefficient (Wildman–Crippen LogP) is 2.89. The molecule has 0 bridgehead atoms. The Bertz CT molecular complexity index is 807. The molecule has 0 unspecified atom stereocenters. The minimum Gasteiger partial charge on any atom is -0.366 e. The molecule has 2 rings (SSSR count). The van der Waals surface area contributed by atoms with Gasteiger partial charge in [0.05, 0.1) is 15.7 Å². The second kappa shape index (κ2) is 5.93. The lowest BCUT2D eigenvalue weighted by Gasteiger charge is -2.11. The number of amides is 1. The number of anilines is 1. The number of benzene rings is 2. The molecule has 2 aromatic rings. The molecule has 0 saturated heterocycles. The van der Waals surface area contributed by atoms with Gasteiger partial charge in [0.25, 0.3) is 10.0 Å². The first-order valence-corrected chi connectivity index (χ1v) is 7.92. The zero-order chi connectivity index (χ0) is 15.6. The van der Waals surface area contributed by atoms with Crippen molar-refractivity contribution >= 4 is 44.8 Å². The van der Waals surface area contributed by atoms with Crippen LogP contribution in [0.4, 0.5) is 5.69 Å². The minimum absolute atomic E-state index is 0.0282. The SMILES string of the molecule is NC(=O)c1ccc(Cl)c(S(=O)(=O)Nc2ccccc2Cl)c1. The van der Waals surface area contributed by atoms with Crippen molar-refractivity contribution in [2.24, 2.45) is 5.73 Å². The predicted molar refractivity (Wildman–Crippen MR) is 82.2 cm³/mol. The van der Waals surface area contributed by atoms with Crippen LogP contribution in [0, 0.1) is 0 Å². The van der Waals surface area contributed by atoms with Gasteiger partial charge in [0, 0.05) is 5.56 Å². The molecule has 0 spiro atoms. The molecule has 5 nitrogen and oxygen atoms in total. The zero-order valence-electron chi connectivity index (χ0n) is 10.5. The third-order valence-electron chi connectivity index (χ3n) is 2.62. The number of para-hydroxylation sites is 1. The van der Waals surface area contributed by atoms with E-state index >= 15 is 0 Å². The minimum atomic E-state index is -4.00. The van der Waals surface area contributed by atoms with Gasteiger partial charge < -0.3 is 5.73 Å². The summed E-state index contributed by atoms with van der Waals surface area (Å²) < 4.78 is 27.0. The Balaban J connectivity index is 2.47. The number of hydrogen-bond donors (Lipinski definition) is 2. The van der Waals surface area contributed by atoms with Crippen molar-refractivity contribution in [1.29, 1.82) is 0 Å². The first-order chi connectivity index (χ1) is 9.81. The first-order valence-electron chi connectivity index (χ1n) is 5.68. The van der Waals surface area contributed by atoms with Crippen molar-refractivity contribution in [2.45, 2.75) is 4.90 Å². The number of nitrogens with one attached hydrogen (secondary N) is 1. The molecule has 8 heteroatoms. The topological polar surface area (TPSA) is 89.3 Å². The molecule has 0 aliphatic carbocycles. The lowest BCUT2D eigenvalue weighted by molar-refractivity contribution is 0.1000. The second-order valence-corrected chi connectivity index (χ2v) is 6.56. The zero-order valence-corrected chi connectivity index (χ0v) is 12.8. The number of primary amides is 1. The largest absolute Gasteiger partial charge is 0.366 e. The molecular formula is C13H10Cl2N2O3S. The molecule has 0 aliphatic rings. The fourth-order valence-corrected chi connectivity index (χ4v) is 3.45. The van der Waals surface area contributed by atoms with Crippen LogP contribution >= 0.6 is 23.2 Å². The Labute approximate surface area is 131 Å². The van der Waals surface area contributed by atoms with Gasteiger partial charge in [-0.05, 0) is 30.3 Å². The highest BCUT2D eigenvalue weighted by molar-refractivity contribution is 7.92. The third kappa shape index (κ3) is 3.47. The van der Waals surface area contributed by atoms with E-state index in [0.717, 1.165) is 6.07 Å². The van der Waals surface area contributed by atoms with Crippen LogP contribution in [-0.4, -0.2) is 14.3 Å². The van der Waals surface area contributed by atoms with E-state index in [1.807, 2.05) is 0 Å². The third-order valence-corrected chi connectivity index (χ3v) is 4.80. The molecule has 0 radical (unpaired) electrons. The highest BCUT2D eigenvalue weighted by atomic mass is 35.5. The molecule has 0 saturated carbocycles. The summed E-state index contributed by atoms with van der Waals surface area (Å²) in [7, 11) is -4.00. The Hall–Kier alpha value is -1.76. The number of nitrogens with two attached hydrogens (primary N) is 1. The summed E-state index contributed by atoms with van der Waals surface area (Å²) in [6, 6.07) is 10.1. The van der Waals surface area contributed by atoms with Crippen molar-refractivity contribution in [3.8, 4) is 0 Å². The van der Waals surface area contributed by atoms with Gasteiger partial charge in [-0.25, -0.2) is 8.42 Å². The van der Waals surface area contributed by atoms with E-state index < -0.39 is 15.9 Å². The number of sulfonamides is 1. The summed E-state index contributed by atoms with van der Waals surface area (Å²) in [5, 5.41) is 0.211. The summed E-state index contributed by atoms with van der Waals surface area (Å²) in [4.78, 5) is 10.9. The fourth-order valence-electron chi connectivity index (χ4n) is 1.61. The van der Waals surface area contributed by atoms with Gasteiger partial charge in [-0.2, -0.15) is 0 Å². The molecule has 0 aliphatic heterocycles. The van der Waals surface area contributed by atoms with Crippen molar-refractivity contribution < 1.29 is 13.2 Å². The molecule has 21 heavy (non-hydrogen) atoms. The van der Waals surface area contributed by atoms with Gasteiger partial charge >= 0.3 is 0 Å². The van der Waals surface area contributed by atoms with Crippen molar-refractivity contribution in [3.05, 3.63) is 58.1 Å². The van der Waals surface area contributed by atoms with Gasteiger partial charge in [0.1, 0.15) is 4.90 Å². The van der Waals surface area contributed by atoms with E-state index in [4.69, 9.17) is 28.9 Å². The standard InChI is InChI=1S/C13H10Cl2N2O3S/c14-9-3-1-2-4-11(9)17-21(19,20)12-7-8(13(16)18)5-6-10(12)15/h1-7,17H,(H2,16,18). The number of hydrogen-bond acceptors (Lipinski definition) is 3. The van der Waals surface area contributed by atoms with Crippen molar-refractivity contribution in [2.75, 3.05) is 4.72 Å². The van der Waals surface area contributed by atoms with Crippen LogP contribution in [0.3, 0.4) is 0 Å². The molecule has 1 amide bonds. The average molecular weight is 345 g/mol. The fraction of sp³-hybridized carbons (Fsp3) is 0. The van der Waals surface area contributed by atoms with E-state index in [9.17, 15) is 13.2 Å². The van der Waals surface area contributed by atoms with Crippen LogP contribution in [0.5, 0.6) is 0 Å². The maximum absolute atomic E-state index is 12.3. The van der Waals surface area contributed by atoms with Crippen molar-refractivity contribution in [1.82, 2.24) is 0 Å². The number of rotatable bonds is 4. The maximum atomic E-state index is 12.3. The van der Waals surface area contributed by atoms with E-state index in [-0.39, 0.29) is 26.2 Å². The highest BCUT2D eigenvalue weighted by Gasteiger charge is 2.20. The molecule has 0 heterocycles. The number of halogens is 2. The Morgan fingerprint density at radius 3 is 2.33 bits per heavy atom. The second-order valence-electron chi connectivity index (χ2n) is 4.09. The summed E-state index contributed by atoms with van der Waals surface area (Å²) in [5.74, 6) is -0.749. The van der Waals surface area contributed by atoms with Gasteiger partial charge in [-0.1, -0.05) is 35.3 Å². The van der Waals surface area contributed by atoms with Crippen LogP contribution < -0.4 is 10.5 Å². The summed E-state index contributed by atoms with van der Waals surface area (Å²) >= 11 is 11.8. The number of carbonyl (C=O) groups excluding carboxylic acids is 1. The molecule has 0 aromatic heterocycles. The Morgan fingerprint density at radius 1 is 1.05 bits per heavy atom.